The number of methoxy groups -OCH3 is 3. The molecular formula is C19H22N4O3. The molecule has 26 heavy (non-hydrogen) atoms. The number of benzene rings is 1. The van der Waals surface area contributed by atoms with Gasteiger partial charge in [-0.2, -0.15) is 5.26 Å². The monoisotopic (exact) mass is 354 g/mol. The molecule has 0 bridgehead atoms. The highest BCUT2D eigenvalue weighted by Gasteiger charge is 2.18. The highest BCUT2D eigenvalue weighted by Crippen LogP contribution is 2.39. The van der Waals surface area contributed by atoms with Crippen molar-refractivity contribution in [3.63, 3.8) is 0 Å². The number of aromatic nitrogens is 3. The van der Waals surface area contributed by atoms with E-state index in [4.69, 9.17) is 14.2 Å². The second-order valence-electron chi connectivity index (χ2n) is 6.03. The van der Waals surface area contributed by atoms with Gasteiger partial charge < -0.3 is 18.8 Å². The number of rotatable bonds is 5. The Bertz CT molecular complexity index is 839. The number of ether oxygens (including phenoxy) is 3. The second kappa shape index (κ2) is 7.91. The van der Waals surface area contributed by atoms with E-state index in [1.54, 1.807) is 39.5 Å². The molecule has 1 aromatic heterocycles. The van der Waals surface area contributed by atoms with Crippen LogP contribution in [0.4, 0.5) is 0 Å². The maximum atomic E-state index is 9.70. The lowest BCUT2D eigenvalue weighted by molar-refractivity contribution is 0.324. The fourth-order valence-corrected chi connectivity index (χ4v) is 3.18. The second-order valence-corrected chi connectivity index (χ2v) is 6.03. The van der Waals surface area contributed by atoms with Crippen LogP contribution in [0.25, 0.3) is 11.6 Å². The van der Waals surface area contributed by atoms with Crippen LogP contribution in [0.2, 0.25) is 0 Å². The first kappa shape index (κ1) is 17.8. The molecule has 1 aliphatic heterocycles. The van der Waals surface area contributed by atoms with E-state index in [0.717, 1.165) is 37.2 Å². The van der Waals surface area contributed by atoms with E-state index in [1.165, 1.54) is 6.42 Å². The van der Waals surface area contributed by atoms with Gasteiger partial charge in [0, 0.05) is 13.0 Å². The Labute approximate surface area is 152 Å². The zero-order valence-electron chi connectivity index (χ0n) is 15.3. The molecule has 0 aliphatic carbocycles. The average Bonchev–Trinajstić information content (AvgIpc) is 2.92. The number of nitriles is 1. The molecule has 7 nitrogen and oxygen atoms in total. The number of allylic oxidation sites excluding steroid dienone is 1. The van der Waals surface area contributed by atoms with Crippen molar-refractivity contribution in [2.24, 2.45) is 0 Å². The van der Waals surface area contributed by atoms with Gasteiger partial charge in [-0.25, -0.2) is 0 Å². The molecule has 0 atom stereocenters. The van der Waals surface area contributed by atoms with E-state index in [-0.39, 0.29) is 0 Å². The highest BCUT2D eigenvalue weighted by molar-refractivity contribution is 5.88. The Morgan fingerprint density at radius 1 is 1.08 bits per heavy atom. The van der Waals surface area contributed by atoms with Crippen LogP contribution >= 0.6 is 0 Å². The summed E-state index contributed by atoms with van der Waals surface area (Å²) in [5.41, 5.74) is 1.22. The fraction of sp³-hybridized carbons (Fsp3) is 0.421. The molecule has 0 fully saturated rings. The van der Waals surface area contributed by atoms with Crippen LogP contribution in [0.15, 0.2) is 12.1 Å². The predicted octanol–water partition coefficient (Wildman–Crippen LogP) is 3.09. The van der Waals surface area contributed by atoms with Crippen molar-refractivity contribution < 1.29 is 14.2 Å². The van der Waals surface area contributed by atoms with E-state index in [9.17, 15) is 5.26 Å². The smallest absolute Gasteiger partial charge is 0.203 e. The molecule has 3 rings (SSSR count). The first-order chi connectivity index (χ1) is 12.7. The first-order valence-corrected chi connectivity index (χ1v) is 8.56. The Kier molecular flexibility index (Phi) is 5.42. The summed E-state index contributed by atoms with van der Waals surface area (Å²) in [6.07, 6.45) is 6.02. The number of hydrogen-bond acceptors (Lipinski definition) is 6. The Morgan fingerprint density at radius 3 is 2.42 bits per heavy atom. The third-order valence-corrected chi connectivity index (χ3v) is 4.47. The number of aryl methyl sites for hydroxylation is 1. The maximum absolute atomic E-state index is 9.70. The van der Waals surface area contributed by atoms with Crippen LogP contribution in [-0.2, 0) is 13.0 Å². The summed E-state index contributed by atoms with van der Waals surface area (Å²) in [5, 5.41) is 18.2. The SMILES string of the molecule is COc1cc(/C=C(/C#N)c2nnc3n2CCCCC3)cc(OC)c1OC. The van der Waals surface area contributed by atoms with Crippen LogP contribution in [0, 0.1) is 11.3 Å². The van der Waals surface area contributed by atoms with E-state index in [0.29, 0.717) is 28.6 Å². The molecule has 0 saturated carbocycles. The lowest BCUT2D eigenvalue weighted by atomic mass is 10.1. The summed E-state index contributed by atoms with van der Waals surface area (Å²) in [4.78, 5) is 0. The van der Waals surface area contributed by atoms with Crippen LogP contribution < -0.4 is 14.2 Å². The van der Waals surface area contributed by atoms with Gasteiger partial charge in [0.25, 0.3) is 0 Å². The van der Waals surface area contributed by atoms with Crippen LogP contribution in [0.5, 0.6) is 17.2 Å². The third kappa shape index (κ3) is 3.36. The van der Waals surface area contributed by atoms with Gasteiger partial charge in [0.2, 0.25) is 5.75 Å². The summed E-state index contributed by atoms with van der Waals surface area (Å²) in [6.45, 7) is 0.839. The van der Waals surface area contributed by atoms with Crippen molar-refractivity contribution in [3.8, 4) is 23.3 Å². The van der Waals surface area contributed by atoms with Crippen molar-refractivity contribution in [1.29, 1.82) is 5.26 Å². The standard InChI is InChI=1S/C19H22N4O3/c1-24-15-10-13(11-16(25-2)18(15)26-3)9-14(12-20)19-22-21-17-7-5-4-6-8-23(17)19/h9-11H,4-8H2,1-3H3/b14-9-. The van der Waals surface area contributed by atoms with E-state index >= 15 is 0 Å². The van der Waals surface area contributed by atoms with E-state index in [2.05, 4.69) is 20.8 Å². The zero-order chi connectivity index (χ0) is 18.5. The minimum atomic E-state index is 0.458. The molecule has 0 unspecified atom stereocenters. The largest absolute Gasteiger partial charge is 0.493 e. The third-order valence-electron chi connectivity index (χ3n) is 4.47. The molecule has 7 heteroatoms. The summed E-state index contributed by atoms with van der Waals surface area (Å²) in [6, 6.07) is 5.86. The number of hydrogen-bond donors (Lipinski definition) is 0. The van der Waals surface area contributed by atoms with Crippen molar-refractivity contribution in [3.05, 3.63) is 29.3 Å². The molecule has 1 aromatic carbocycles. The fourth-order valence-electron chi connectivity index (χ4n) is 3.18. The van der Waals surface area contributed by atoms with Gasteiger partial charge in [-0.1, -0.05) is 6.42 Å². The lowest BCUT2D eigenvalue weighted by Crippen LogP contribution is -2.05. The van der Waals surface area contributed by atoms with Gasteiger partial charge in [0.1, 0.15) is 11.9 Å². The van der Waals surface area contributed by atoms with E-state index < -0.39 is 0 Å². The molecule has 0 spiro atoms. The van der Waals surface area contributed by atoms with Gasteiger partial charge in [-0.05, 0) is 36.6 Å². The normalized spacial score (nSPS) is 14.2. The van der Waals surface area contributed by atoms with Gasteiger partial charge >= 0.3 is 0 Å². The summed E-state index contributed by atoms with van der Waals surface area (Å²) < 4.78 is 18.2. The van der Waals surface area contributed by atoms with Gasteiger partial charge in [-0.15, -0.1) is 10.2 Å². The van der Waals surface area contributed by atoms with Gasteiger partial charge in [0.15, 0.2) is 17.3 Å². The molecule has 0 radical (unpaired) electrons. The first-order valence-electron chi connectivity index (χ1n) is 8.56. The Hall–Kier alpha value is -3.01. The highest BCUT2D eigenvalue weighted by atomic mass is 16.5. The minimum Gasteiger partial charge on any atom is -0.493 e. The van der Waals surface area contributed by atoms with Crippen LogP contribution in [0.3, 0.4) is 0 Å². The molecule has 2 heterocycles. The lowest BCUT2D eigenvalue weighted by Gasteiger charge is -2.13. The molecule has 136 valence electrons. The summed E-state index contributed by atoms with van der Waals surface area (Å²) >= 11 is 0. The molecule has 0 N–H and O–H groups in total. The minimum absolute atomic E-state index is 0.458. The number of fused-ring (bicyclic) bond motifs is 1. The van der Waals surface area contributed by atoms with Gasteiger partial charge in [-0.3, -0.25) is 0 Å². The molecule has 1 aliphatic rings. The quantitative estimate of drug-likeness (QED) is 0.768. The zero-order valence-corrected chi connectivity index (χ0v) is 15.3. The van der Waals surface area contributed by atoms with Crippen LogP contribution in [-0.4, -0.2) is 36.1 Å². The molecule has 0 amide bonds. The molecular weight excluding hydrogens is 332 g/mol. The van der Waals surface area contributed by atoms with Crippen molar-refractivity contribution >= 4 is 11.6 Å². The predicted molar refractivity (Wildman–Crippen MR) is 97.2 cm³/mol. The molecule has 0 saturated heterocycles. The molecule has 2 aromatic rings. The van der Waals surface area contributed by atoms with Crippen molar-refractivity contribution in [2.75, 3.05) is 21.3 Å². The Balaban J connectivity index is 2.06. The topological polar surface area (TPSA) is 82.2 Å². The Morgan fingerprint density at radius 2 is 1.81 bits per heavy atom. The average molecular weight is 354 g/mol. The van der Waals surface area contributed by atoms with Crippen molar-refractivity contribution in [1.82, 2.24) is 14.8 Å². The number of nitrogens with zero attached hydrogens (tertiary/aromatic N) is 4. The maximum Gasteiger partial charge on any atom is 0.203 e. The van der Waals surface area contributed by atoms with Gasteiger partial charge in [0.05, 0.1) is 26.9 Å². The van der Waals surface area contributed by atoms with Crippen LogP contribution in [0.1, 0.15) is 36.5 Å². The van der Waals surface area contributed by atoms with Crippen molar-refractivity contribution in [2.45, 2.75) is 32.2 Å². The summed E-state index contributed by atoms with van der Waals surface area (Å²) in [5.74, 6) is 3.15. The summed E-state index contributed by atoms with van der Waals surface area (Å²) in [7, 11) is 4.69. The van der Waals surface area contributed by atoms with E-state index in [1.807, 2.05) is 0 Å².